The minimum Gasteiger partial charge on any atom is -0.497 e. The number of carbonyl (C=O) groups excluding carboxylic acids is 2. The fourth-order valence-electron chi connectivity index (χ4n) is 5.92. The minimum atomic E-state index is -4.32. The largest absolute Gasteiger partial charge is 0.497 e. The predicted molar refractivity (Wildman–Crippen MR) is 190 cm³/mol. The topological polar surface area (TPSA) is 96.0 Å². The molecule has 4 aromatic rings. The number of ether oxygens (including phenoxy) is 1. The molecule has 1 unspecified atom stereocenters. The Kier molecular flexibility index (Phi) is 11.7. The smallest absolute Gasteiger partial charge is 0.264 e. The van der Waals surface area contributed by atoms with Crippen LogP contribution in [0.4, 0.5) is 5.69 Å². The number of sulfonamides is 1. The maximum Gasteiger partial charge on any atom is 0.264 e. The molecule has 11 heteroatoms. The van der Waals surface area contributed by atoms with E-state index in [9.17, 15) is 18.0 Å². The molecule has 0 spiro atoms. The second-order valence-electron chi connectivity index (χ2n) is 12.0. The van der Waals surface area contributed by atoms with Crippen molar-refractivity contribution in [1.82, 2.24) is 10.2 Å². The van der Waals surface area contributed by atoms with Gasteiger partial charge in [-0.2, -0.15) is 0 Å². The van der Waals surface area contributed by atoms with Gasteiger partial charge >= 0.3 is 0 Å². The summed E-state index contributed by atoms with van der Waals surface area (Å²) in [4.78, 5) is 30.3. The molecule has 0 saturated heterocycles. The lowest BCUT2D eigenvalue weighted by Crippen LogP contribution is -2.54. The highest BCUT2D eigenvalue weighted by Crippen LogP contribution is 2.33. The van der Waals surface area contributed by atoms with Gasteiger partial charge in [0, 0.05) is 24.0 Å². The van der Waals surface area contributed by atoms with Crippen molar-refractivity contribution in [3.8, 4) is 5.75 Å². The number of nitrogens with zero attached hydrogens (tertiary/aromatic N) is 2. The van der Waals surface area contributed by atoms with Crippen LogP contribution in [0.15, 0.2) is 102 Å². The Balaban J connectivity index is 1.60. The zero-order valence-corrected chi connectivity index (χ0v) is 29.3. The molecule has 0 aliphatic heterocycles. The fraction of sp³-hybridized carbons (Fsp3) is 0.297. The highest BCUT2D eigenvalue weighted by molar-refractivity contribution is 7.92. The van der Waals surface area contributed by atoms with Gasteiger partial charge in [0.05, 0.1) is 22.7 Å². The number of halogens is 2. The zero-order valence-electron chi connectivity index (χ0n) is 26.9. The van der Waals surface area contributed by atoms with Crippen LogP contribution in [0.1, 0.15) is 42.4 Å². The Morgan fingerprint density at radius 3 is 2.27 bits per heavy atom. The summed E-state index contributed by atoms with van der Waals surface area (Å²) in [5.74, 6) is -0.299. The van der Waals surface area contributed by atoms with Gasteiger partial charge in [-0.15, -0.1) is 0 Å². The van der Waals surface area contributed by atoms with Gasteiger partial charge in [0.1, 0.15) is 18.3 Å². The Morgan fingerprint density at radius 2 is 1.58 bits per heavy atom. The predicted octanol–water partition coefficient (Wildman–Crippen LogP) is 7.20. The highest BCUT2D eigenvalue weighted by Gasteiger charge is 2.36. The maximum atomic E-state index is 14.7. The summed E-state index contributed by atoms with van der Waals surface area (Å²) in [5, 5.41) is 3.52. The lowest BCUT2D eigenvalue weighted by molar-refractivity contribution is -0.140. The first-order valence-electron chi connectivity index (χ1n) is 15.9. The Morgan fingerprint density at radius 1 is 0.896 bits per heavy atom. The first-order chi connectivity index (χ1) is 23.0. The van der Waals surface area contributed by atoms with E-state index in [0.29, 0.717) is 11.3 Å². The first kappa shape index (κ1) is 35.3. The van der Waals surface area contributed by atoms with Gasteiger partial charge in [-0.1, -0.05) is 96.2 Å². The Hall–Kier alpha value is -4.05. The van der Waals surface area contributed by atoms with Gasteiger partial charge in [0.25, 0.3) is 10.0 Å². The molecule has 2 amide bonds. The van der Waals surface area contributed by atoms with Gasteiger partial charge in [0.15, 0.2) is 0 Å². The highest BCUT2D eigenvalue weighted by atomic mass is 35.5. The number of rotatable bonds is 13. The maximum absolute atomic E-state index is 14.7. The van der Waals surface area contributed by atoms with E-state index in [0.717, 1.165) is 41.1 Å². The van der Waals surface area contributed by atoms with Crippen molar-refractivity contribution in [1.29, 1.82) is 0 Å². The van der Waals surface area contributed by atoms with Gasteiger partial charge < -0.3 is 15.0 Å². The van der Waals surface area contributed by atoms with Crippen LogP contribution in [0.5, 0.6) is 5.75 Å². The van der Waals surface area contributed by atoms with Crippen molar-refractivity contribution in [3.63, 3.8) is 0 Å². The molecule has 0 bridgehead atoms. The van der Waals surface area contributed by atoms with E-state index in [1.807, 2.05) is 49.4 Å². The van der Waals surface area contributed by atoms with Crippen LogP contribution in [0.25, 0.3) is 0 Å². The van der Waals surface area contributed by atoms with Crippen LogP contribution < -0.4 is 14.4 Å². The summed E-state index contributed by atoms with van der Waals surface area (Å²) in [6.45, 7) is 1.24. The van der Waals surface area contributed by atoms with Crippen molar-refractivity contribution in [2.75, 3.05) is 18.0 Å². The molecule has 1 fully saturated rings. The molecule has 0 heterocycles. The van der Waals surface area contributed by atoms with Gasteiger partial charge in [-0.3, -0.25) is 13.9 Å². The van der Waals surface area contributed by atoms with E-state index in [1.54, 1.807) is 37.4 Å². The average molecular weight is 709 g/mol. The Bertz CT molecular complexity index is 1830. The number of nitrogens with one attached hydrogen (secondary N) is 1. The molecule has 252 valence electrons. The number of hydrogen-bond donors (Lipinski definition) is 1. The van der Waals surface area contributed by atoms with E-state index < -0.39 is 28.5 Å². The lowest BCUT2D eigenvalue weighted by Gasteiger charge is -2.34. The molecule has 48 heavy (non-hydrogen) atoms. The van der Waals surface area contributed by atoms with Crippen LogP contribution in [-0.4, -0.2) is 50.9 Å². The van der Waals surface area contributed by atoms with Crippen LogP contribution in [-0.2, 0) is 32.6 Å². The zero-order chi connectivity index (χ0) is 34.3. The molecule has 0 aromatic heterocycles. The summed E-state index contributed by atoms with van der Waals surface area (Å²) < 4.78 is 35.0. The third kappa shape index (κ3) is 8.69. The summed E-state index contributed by atoms with van der Waals surface area (Å²) in [5.41, 5.74) is 2.49. The van der Waals surface area contributed by atoms with E-state index in [-0.39, 0.29) is 45.5 Å². The van der Waals surface area contributed by atoms with Crippen LogP contribution in [0, 0.1) is 6.92 Å². The number of benzene rings is 4. The summed E-state index contributed by atoms with van der Waals surface area (Å²) in [6.07, 6.45) is 3.99. The molecule has 1 N–H and O–H groups in total. The van der Waals surface area contributed by atoms with E-state index in [4.69, 9.17) is 27.9 Å². The van der Waals surface area contributed by atoms with E-state index in [1.165, 1.54) is 29.2 Å². The average Bonchev–Trinajstić information content (AvgIpc) is 3.60. The van der Waals surface area contributed by atoms with Crippen molar-refractivity contribution in [2.24, 2.45) is 0 Å². The van der Waals surface area contributed by atoms with E-state index >= 15 is 0 Å². The minimum absolute atomic E-state index is 0.00762. The lowest BCUT2D eigenvalue weighted by atomic mass is 10.0. The standard InChI is InChI=1S/C37H39Cl2N3O5S/c1-26-15-18-32(19-16-26)48(45,46)42(34-23-29(38)17-20-33(34)39)25-36(43)41(24-28-11-8-14-31(21-28)47-2)35(22-27-9-4-3-5-10-27)37(44)40-30-12-6-7-13-30/h3-5,8-11,14-21,23,30,35H,6-7,12-13,22,24-25H2,1-2H3,(H,40,44). The SMILES string of the molecule is COc1cccc(CN(C(=O)CN(c2cc(Cl)ccc2Cl)S(=O)(=O)c2ccc(C)cc2)C(Cc2ccccc2)C(=O)NC2CCCC2)c1. The molecule has 5 rings (SSSR count). The normalized spacial score (nSPS) is 13.9. The van der Waals surface area contributed by atoms with Gasteiger partial charge in [0.2, 0.25) is 11.8 Å². The summed E-state index contributed by atoms with van der Waals surface area (Å²) in [6, 6.07) is 26.6. The molecule has 1 saturated carbocycles. The number of hydrogen-bond acceptors (Lipinski definition) is 5. The first-order valence-corrected chi connectivity index (χ1v) is 18.1. The molecule has 1 aliphatic carbocycles. The van der Waals surface area contributed by atoms with E-state index in [2.05, 4.69) is 5.32 Å². The van der Waals surface area contributed by atoms with Crippen LogP contribution in [0.2, 0.25) is 10.0 Å². The number of aryl methyl sites for hydroxylation is 1. The summed E-state index contributed by atoms with van der Waals surface area (Å²) >= 11 is 12.9. The molecule has 4 aromatic carbocycles. The second kappa shape index (κ2) is 15.9. The third-order valence-electron chi connectivity index (χ3n) is 8.52. The number of carbonyl (C=O) groups is 2. The molecular formula is C37H39Cl2N3O5S. The quantitative estimate of drug-likeness (QED) is 0.159. The molecule has 1 atom stereocenters. The number of anilines is 1. The second-order valence-corrected chi connectivity index (χ2v) is 14.7. The third-order valence-corrected chi connectivity index (χ3v) is 10.9. The molecular weight excluding hydrogens is 669 g/mol. The van der Waals surface area contributed by atoms with Crippen molar-refractivity contribution < 1.29 is 22.7 Å². The number of methoxy groups -OCH3 is 1. The Labute approximate surface area is 292 Å². The fourth-order valence-corrected chi connectivity index (χ4v) is 7.78. The van der Waals surface area contributed by atoms with Crippen LogP contribution >= 0.6 is 23.2 Å². The molecule has 8 nitrogen and oxygen atoms in total. The van der Waals surface area contributed by atoms with Crippen molar-refractivity contribution >= 4 is 50.7 Å². The van der Waals surface area contributed by atoms with Crippen molar-refractivity contribution in [3.05, 3.63) is 124 Å². The summed E-state index contributed by atoms with van der Waals surface area (Å²) in [7, 11) is -2.77. The monoisotopic (exact) mass is 707 g/mol. The van der Waals surface area contributed by atoms with Crippen LogP contribution in [0.3, 0.4) is 0 Å². The van der Waals surface area contributed by atoms with Crippen molar-refractivity contribution in [2.45, 2.75) is 62.6 Å². The van der Waals surface area contributed by atoms with Gasteiger partial charge in [-0.05, 0) is 73.4 Å². The van der Waals surface area contributed by atoms with Gasteiger partial charge in [-0.25, -0.2) is 8.42 Å². The molecule has 1 aliphatic rings. The number of amides is 2. The molecule has 0 radical (unpaired) electrons.